The molecule has 2 rings (SSSR count). The van der Waals surface area contributed by atoms with Crippen molar-refractivity contribution < 1.29 is 19.0 Å². The molecule has 0 saturated carbocycles. The monoisotopic (exact) mass is 336 g/mol. The SMILES string of the molecule is COc1cc(C)cc(OC)c1C1CN(C(=O)OC(C)(C)C)CCN1. The average molecular weight is 336 g/mol. The first kappa shape index (κ1) is 18.4. The molecule has 0 spiro atoms. The summed E-state index contributed by atoms with van der Waals surface area (Å²) in [6.45, 7) is 9.41. The van der Waals surface area contributed by atoms with Gasteiger partial charge in [0.25, 0.3) is 0 Å². The second-order valence-corrected chi connectivity index (χ2v) is 7.02. The summed E-state index contributed by atoms with van der Waals surface area (Å²) in [6, 6.07) is 3.88. The average Bonchev–Trinajstić information content (AvgIpc) is 2.52. The number of nitrogens with zero attached hydrogens (tertiary/aromatic N) is 1. The molecule has 0 aliphatic carbocycles. The maximum absolute atomic E-state index is 12.4. The van der Waals surface area contributed by atoms with Crippen LogP contribution in [0, 0.1) is 6.92 Å². The Morgan fingerprint density at radius 2 is 1.79 bits per heavy atom. The number of methoxy groups -OCH3 is 2. The van der Waals surface area contributed by atoms with Crippen LogP contribution in [0.1, 0.15) is 37.9 Å². The van der Waals surface area contributed by atoms with Crippen molar-refractivity contribution in [2.24, 2.45) is 0 Å². The molecule has 0 radical (unpaired) electrons. The van der Waals surface area contributed by atoms with Crippen LogP contribution >= 0.6 is 0 Å². The summed E-state index contributed by atoms with van der Waals surface area (Å²) in [5.74, 6) is 1.52. The Hall–Kier alpha value is -1.95. The summed E-state index contributed by atoms with van der Waals surface area (Å²) in [4.78, 5) is 14.1. The van der Waals surface area contributed by atoms with Crippen molar-refractivity contribution in [2.45, 2.75) is 39.3 Å². The number of hydrogen-bond acceptors (Lipinski definition) is 5. The van der Waals surface area contributed by atoms with Gasteiger partial charge in [0.05, 0.1) is 25.8 Å². The molecule has 1 saturated heterocycles. The Morgan fingerprint density at radius 3 is 2.29 bits per heavy atom. The summed E-state index contributed by atoms with van der Waals surface area (Å²) in [5, 5.41) is 3.44. The highest BCUT2D eigenvalue weighted by Gasteiger charge is 2.31. The molecule has 1 aliphatic heterocycles. The van der Waals surface area contributed by atoms with E-state index < -0.39 is 5.60 Å². The second kappa shape index (κ2) is 7.30. The molecule has 1 heterocycles. The van der Waals surface area contributed by atoms with Crippen LogP contribution in [0.5, 0.6) is 11.5 Å². The number of aryl methyl sites for hydroxylation is 1. The van der Waals surface area contributed by atoms with E-state index in [9.17, 15) is 4.79 Å². The number of carbonyl (C=O) groups excluding carboxylic acids is 1. The zero-order chi connectivity index (χ0) is 17.9. The van der Waals surface area contributed by atoms with Crippen molar-refractivity contribution in [3.8, 4) is 11.5 Å². The standard InChI is InChI=1S/C18H28N2O4/c1-12-9-14(22-5)16(15(10-12)23-6)13-11-20(8-7-19-13)17(21)24-18(2,3)4/h9-10,13,19H,7-8,11H2,1-6H3. The highest BCUT2D eigenvalue weighted by atomic mass is 16.6. The number of benzene rings is 1. The van der Waals surface area contributed by atoms with Crippen LogP contribution in [-0.4, -0.2) is 50.4 Å². The predicted octanol–water partition coefficient (Wildman–Crippen LogP) is 2.89. The summed E-state index contributed by atoms with van der Waals surface area (Å²) in [7, 11) is 3.29. The van der Waals surface area contributed by atoms with Gasteiger partial charge in [0.2, 0.25) is 0 Å². The Balaban J connectivity index is 2.25. The van der Waals surface area contributed by atoms with Crippen LogP contribution < -0.4 is 14.8 Å². The topological polar surface area (TPSA) is 60.0 Å². The highest BCUT2D eigenvalue weighted by Crippen LogP contribution is 2.36. The lowest BCUT2D eigenvalue weighted by molar-refractivity contribution is 0.0193. The van der Waals surface area contributed by atoms with Gasteiger partial charge in [-0.1, -0.05) is 0 Å². The number of nitrogens with one attached hydrogen (secondary N) is 1. The largest absolute Gasteiger partial charge is 0.496 e. The van der Waals surface area contributed by atoms with E-state index in [1.807, 2.05) is 39.8 Å². The normalized spacial score (nSPS) is 18.2. The summed E-state index contributed by atoms with van der Waals surface area (Å²) < 4.78 is 16.6. The minimum Gasteiger partial charge on any atom is -0.496 e. The number of piperazine rings is 1. The van der Waals surface area contributed by atoms with Crippen LogP contribution in [0.15, 0.2) is 12.1 Å². The predicted molar refractivity (Wildman–Crippen MR) is 92.8 cm³/mol. The lowest BCUT2D eigenvalue weighted by atomic mass is 10.00. The fourth-order valence-corrected chi connectivity index (χ4v) is 2.85. The number of rotatable bonds is 3. The molecule has 0 aromatic heterocycles. The van der Waals surface area contributed by atoms with Gasteiger partial charge in [-0.05, 0) is 45.4 Å². The van der Waals surface area contributed by atoms with Gasteiger partial charge in [-0.15, -0.1) is 0 Å². The number of carbonyl (C=O) groups is 1. The molecule has 1 unspecified atom stereocenters. The molecule has 1 fully saturated rings. The van der Waals surface area contributed by atoms with Crippen LogP contribution in [0.25, 0.3) is 0 Å². The van der Waals surface area contributed by atoms with Crippen LogP contribution in [0.2, 0.25) is 0 Å². The first-order valence-electron chi connectivity index (χ1n) is 8.19. The van der Waals surface area contributed by atoms with E-state index in [1.165, 1.54) is 0 Å². The number of amides is 1. The quantitative estimate of drug-likeness (QED) is 0.920. The van der Waals surface area contributed by atoms with Crippen molar-refractivity contribution in [1.29, 1.82) is 0 Å². The molecule has 1 aliphatic rings. The summed E-state index contributed by atoms with van der Waals surface area (Å²) in [5.41, 5.74) is 1.49. The fourth-order valence-electron chi connectivity index (χ4n) is 2.85. The second-order valence-electron chi connectivity index (χ2n) is 7.02. The van der Waals surface area contributed by atoms with E-state index in [2.05, 4.69) is 5.32 Å². The molecular formula is C18H28N2O4. The number of hydrogen-bond donors (Lipinski definition) is 1. The van der Waals surface area contributed by atoms with E-state index in [1.54, 1.807) is 19.1 Å². The van der Waals surface area contributed by atoms with Crippen molar-refractivity contribution >= 4 is 6.09 Å². The first-order valence-corrected chi connectivity index (χ1v) is 8.19. The molecule has 1 aromatic rings. The Kier molecular flexibility index (Phi) is 5.59. The molecule has 0 bridgehead atoms. The maximum Gasteiger partial charge on any atom is 0.410 e. The van der Waals surface area contributed by atoms with Gasteiger partial charge in [-0.25, -0.2) is 4.79 Å². The van der Waals surface area contributed by atoms with Crippen molar-refractivity contribution in [2.75, 3.05) is 33.9 Å². The van der Waals surface area contributed by atoms with Gasteiger partial charge in [0, 0.05) is 19.6 Å². The van der Waals surface area contributed by atoms with Crippen molar-refractivity contribution in [3.05, 3.63) is 23.3 Å². The minimum atomic E-state index is -0.503. The van der Waals surface area contributed by atoms with Gasteiger partial charge in [-0.3, -0.25) is 0 Å². The Morgan fingerprint density at radius 1 is 1.21 bits per heavy atom. The van der Waals surface area contributed by atoms with Crippen molar-refractivity contribution in [3.63, 3.8) is 0 Å². The molecule has 6 heteroatoms. The lowest BCUT2D eigenvalue weighted by Crippen LogP contribution is -2.49. The van der Waals surface area contributed by atoms with Crippen molar-refractivity contribution in [1.82, 2.24) is 10.2 Å². The van der Waals surface area contributed by atoms with Crippen LogP contribution in [0.4, 0.5) is 4.79 Å². The van der Waals surface area contributed by atoms with E-state index in [0.29, 0.717) is 19.6 Å². The third-order valence-electron chi connectivity index (χ3n) is 3.86. The van der Waals surface area contributed by atoms with E-state index in [4.69, 9.17) is 14.2 Å². The van der Waals surface area contributed by atoms with Crippen LogP contribution in [0.3, 0.4) is 0 Å². The molecule has 134 valence electrons. The Bertz CT molecular complexity index is 570. The van der Waals surface area contributed by atoms with E-state index in [-0.39, 0.29) is 12.1 Å². The zero-order valence-electron chi connectivity index (χ0n) is 15.4. The zero-order valence-corrected chi connectivity index (χ0v) is 15.4. The van der Waals surface area contributed by atoms with Crippen LogP contribution in [-0.2, 0) is 4.74 Å². The molecule has 1 N–H and O–H groups in total. The van der Waals surface area contributed by atoms with Gasteiger partial charge in [-0.2, -0.15) is 0 Å². The van der Waals surface area contributed by atoms with Gasteiger partial charge < -0.3 is 24.4 Å². The summed E-state index contributed by atoms with van der Waals surface area (Å²) in [6.07, 6.45) is -0.293. The van der Waals surface area contributed by atoms with Gasteiger partial charge >= 0.3 is 6.09 Å². The van der Waals surface area contributed by atoms with Gasteiger partial charge in [0.1, 0.15) is 17.1 Å². The Labute approximate surface area is 144 Å². The summed E-state index contributed by atoms with van der Waals surface area (Å²) >= 11 is 0. The van der Waals surface area contributed by atoms with Gasteiger partial charge in [0.15, 0.2) is 0 Å². The molecule has 1 amide bonds. The maximum atomic E-state index is 12.4. The first-order chi connectivity index (χ1) is 11.2. The van der Waals surface area contributed by atoms with E-state index in [0.717, 1.165) is 22.6 Å². The number of ether oxygens (including phenoxy) is 3. The molecular weight excluding hydrogens is 308 g/mol. The molecule has 1 aromatic carbocycles. The lowest BCUT2D eigenvalue weighted by Gasteiger charge is -2.36. The molecule has 24 heavy (non-hydrogen) atoms. The third-order valence-corrected chi connectivity index (χ3v) is 3.86. The molecule has 6 nitrogen and oxygen atoms in total. The highest BCUT2D eigenvalue weighted by molar-refractivity contribution is 5.68. The smallest absolute Gasteiger partial charge is 0.410 e. The van der Waals surface area contributed by atoms with E-state index >= 15 is 0 Å². The molecule has 1 atom stereocenters. The minimum absolute atomic E-state index is 0.0724. The fraction of sp³-hybridized carbons (Fsp3) is 0.611. The third kappa shape index (κ3) is 4.32.